The maximum absolute atomic E-state index is 12.8. The lowest BCUT2D eigenvalue weighted by atomic mass is 9.77. The van der Waals surface area contributed by atoms with Crippen molar-refractivity contribution in [3.8, 4) is 11.5 Å². The molecule has 1 aliphatic carbocycles. The zero-order valence-electron chi connectivity index (χ0n) is 21.9. The SMILES string of the molecule is C[Si](C)(C)C#Cc1cnc(C2=CCN(c3nc4c(c(NC5(COC(F)F)CCC5)n3)[S@](=O)CC4)CC2)nc1. The van der Waals surface area contributed by atoms with Crippen LogP contribution in [-0.2, 0) is 22.0 Å². The Morgan fingerprint density at radius 1 is 1.21 bits per heavy atom. The highest BCUT2D eigenvalue weighted by molar-refractivity contribution is 7.85. The van der Waals surface area contributed by atoms with Crippen molar-refractivity contribution in [2.75, 3.05) is 35.7 Å². The molecule has 1 atom stereocenters. The molecular weight excluding hydrogens is 526 g/mol. The van der Waals surface area contributed by atoms with Crippen molar-refractivity contribution in [3.05, 3.63) is 35.6 Å². The molecule has 0 aromatic carbocycles. The number of fused-ring (bicyclic) bond motifs is 1. The Hall–Kier alpha value is -2.75. The normalized spacial score (nSPS) is 20.3. The van der Waals surface area contributed by atoms with E-state index in [-0.39, 0.29) is 6.61 Å². The molecule has 1 N–H and O–H groups in total. The highest BCUT2D eigenvalue weighted by atomic mass is 32.2. The van der Waals surface area contributed by atoms with Crippen molar-refractivity contribution in [1.29, 1.82) is 0 Å². The minimum absolute atomic E-state index is 0.121. The van der Waals surface area contributed by atoms with Crippen molar-refractivity contribution in [3.63, 3.8) is 0 Å². The molecule has 1 saturated carbocycles. The molecule has 0 amide bonds. The van der Waals surface area contributed by atoms with Gasteiger partial charge in [-0.2, -0.15) is 13.8 Å². The smallest absolute Gasteiger partial charge is 0.345 e. The van der Waals surface area contributed by atoms with Crippen molar-refractivity contribution in [2.24, 2.45) is 0 Å². The molecule has 0 unspecified atom stereocenters. The molecule has 0 radical (unpaired) electrons. The number of ether oxygens (including phenoxy) is 1. The Morgan fingerprint density at radius 3 is 2.58 bits per heavy atom. The number of halogens is 2. The fraction of sp³-hybridized carbons (Fsp3) is 0.538. The summed E-state index contributed by atoms with van der Waals surface area (Å²) in [5.41, 5.74) is 5.34. The second-order valence-corrected chi connectivity index (χ2v) is 17.3. The first-order chi connectivity index (χ1) is 18.1. The minimum atomic E-state index is -2.83. The van der Waals surface area contributed by atoms with E-state index in [1.54, 1.807) is 12.4 Å². The van der Waals surface area contributed by atoms with E-state index in [4.69, 9.17) is 9.97 Å². The molecule has 0 bridgehead atoms. The van der Waals surface area contributed by atoms with Crippen LogP contribution in [-0.4, -0.2) is 69.8 Å². The Balaban J connectivity index is 1.33. The fourth-order valence-corrected chi connectivity index (χ4v) is 6.49. The van der Waals surface area contributed by atoms with Crippen LogP contribution >= 0.6 is 0 Å². The van der Waals surface area contributed by atoms with E-state index in [2.05, 4.69) is 62.1 Å². The second-order valence-electron chi connectivity index (χ2n) is 11.0. The Labute approximate surface area is 225 Å². The number of anilines is 2. The Bertz CT molecular complexity index is 1320. The molecule has 2 aliphatic heterocycles. The van der Waals surface area contributed by atoms with Gasteiger partial charge in [0.05, 0.1) is 34.2 Å². The molecular formula is C26H32F2N6O2SSi. The van der Waals surface area contributed by atoms with Gasteiger partial charge in [0.2, 0.25) is 5.95 Å². The first kappa shape index (κ1) is 26.8. The van der Waals surface area contributed by atoms with Crippen LogP contribution in [0.15, 0.2) is 23.4 Å². The summed E-state index contributed by atoms with van der Waals surface area (Å²) >= 11 is 0. The zero-order valence-corrected chi connectivity index (χ0v) is 23.7. The van der Waals surface area contributed by atoms with Gasteiger partial charge in [0.15, 0.2) is 5.82 Å². The van der Waals surface area contributed by atoms with Gasteiger partial charge in [0.1, 0.15) is 18.8 Å². The summed E-state index contributed by atoms with van der Waals surface area (Å²) < 4.78 is 42.9. The quantitative estimate of drug-likeness (QED) is 0.402. The summed E-state index contributed by atoms with van der Waals surface area (Å²) in [7, 11) is -2.68. The topological polar surface area (TPSA) is 93.1 Å². The van der Waals surface area contributed by atoms with Crippen LogP contribution in [0.4, 0.5) is 20.5 Å². The number of aryl methyl sites for hydroxylation is 1. The van der Waals surface area contributed by atoms with E-state index in [0.717, 1.165) is 29.7 Å². The van der Waals surface area contributed by atoms with Gasteiger partial charge in [-0.05, 0) is 31.3 Å². The number of hydrogen-bond donors (Lipinski definition) is 1. The number of nitrogens with one attached hydrogen (secondary N) is 1. The average molecular weight is 559 g/mol. The molecule has 0 spiro atoms. The van der Waals surface area contributed by atoms with Crippen LogP contribution in [0.5, 0.6) is 0 Å². The highest BCUT2D eigenvalue weighted by Crippen LogP contribution is 2.39. The lowest BCUT2D eigenvalue weighted by molar-refractivity contribution is -0.145. The van der Waals surface area contributed by atoms with Crippen LogP contribution in [0.25, 0.3) is 5.57 Å². The van der Waals surface area contributed by atoms with E-state index in [1.807, 2.05) is 0 Å². The maximum atomic E-state index is 12.8. The first-order valence-corrected chi connectivity index (χ1v) is 17.7. The van der Waals surface area contributed by atoms with Gasteiger partial charge in [0.25, 0.3) is 0 Å². The number of rotatable bonds is 7. The van der Waals surface area contributed by atoms with Crippen LogP contribution in [0.2, 0.25) is 19.6 Å². The monoisotopic (exact) mass is 558 g/mol. The van der Waals surface area contributed by atoms with Gasteiger partial charge in [0, 0.05) is 37.7 Å². The zero-order chi connectivity index (χ0) is 26.9. The van der Waals surface area contributed by atoms with E-state index in [9.17, 15) is 13.0 Å². The van der Waals surface area contributed by atoms with Gasteiger partial charge in [-0.15, -0.1) is 5.54 Å². The lowest BCUT2D eigenvalue weighted by Crippen LogP contribution is -2.50. The molecule has 2 aromatic rings. The summed E-state index contributed by atoms with van der Waals surface area (Å²) in [4.78, 5) is 21.2. The van der Waals surface area contributed by atoms with E-state index in [0.29, 0.717) is 60.6 Å². The van der Waals surface area contributed by atoms with Gasteiger partial charge < -0.3 is 15.0 Å². The van der Waals surface area contributed by atoms with Crippen LogP contribution < -0.4 is 10.2 Å². The largest absolute Gasteiger partial charge is 0.361 e. The summed E-state index contributed by atoms with van der Waals surface area (Å²) in [5.74, 6) is 5.39. The molecule has 2 aromatic heterocycles. The molecule has 5 rings (SSSR count). The van der Waals surface area contributed by atoms with Gasteiger partial charge in [-0.1, -0.05) is 31.6 Å². The molecule has 8 nitrogen and oxygen atoms in total. The summed E-state index contributed by atoms with van der Waals surface area (Å²) in [6.45, 7) is 4.90. The summed E-state index contributed by atoms with van der Waals surface area (Å²) in [6, 6.07) is 0. The number of hydrogen-bond acceptors (Lipinski definition) is 8. The fourth-order valence-electron chi connectivity index (χ4n) is 4.66. The van der Waals surface area contributed by atoms with E-state index in [1.165, 1.54) is 0 Å². The molecule has 202 valence electrons. The predicted molar refractivity (Wildman–Crippen MR) is 146 cm³/mol. The lowest BCUT2D eigenvalue weighted by Gasteiger charge is -2.43. The standard InChI is InChI=1S/C26H32F2N6O2SSi/c1-38(2,3)14-8-18-15-29-22(30-16-18)19-5-11-34(12-6-19)25-31-20-7-13-37(35)21(20)23(32-25)33-26(9-4-10-26)17-36-24(27)28/h5,15-16,24H,4,6-7,9-13,17H2,1-3H3,(H,31,32,33)/t37-/m1/s1. The van der Waals surface area contributed by atoms with Crippen molar-refractivity contribution in [2.45, 2.75) is 68.8 Å². The second kappa shape index (κ2) is 10.8. The van der Waals surface area contributed by atoms with E-state index < -0.39 is 31.0 Å². The third-order valence-corrected chi connectivity index (χ3v) is 9.20. The molecule has 12 heteroatoms. The number of nitrogens with zero attached hydrogens (tertiary/aromatic N) is 5. The van der Waals surface area contributed by atoms with Gasteiger partial charge in [-0.3, -0.25) is 4.21 Å². The molecule has 1 fully saturated rings. The number of aromatic nitrogens is 4. The first-order valence-electron chi connectivity index (χ1n) is 12.9. The molecule has 3 aliphatic rings. The van der Waals surface area contributed by atoms with Gasteiger partial charge >= 0.3 is 6.61 Å². The highest BCUT2D eigenvalue weighted by Gasteiger charge is 2.40. The van der Waals surface area contributed by atoms with Crippen molar-refractivity contribution in [1.82, 2.24) is 19.9 Å². The van der Waals surface area contributed by atoms with Crippen LogP contribution in [0, 0.1) is 11.5 Å². The van der Waals surface area contributed by atoms with Crippen LogP contribution in [0.3, 0.4) is 0 Å². The average Bonchev–Trinajstić information content (AvgIpc) is 3.25. The number of alkyl halides is 2. The Kier molecular flexibility index (Phi) is 7.62. The van der Waals surface area contributed by atoms with Crippen LogP contribution in [0.1, 0.15) is 42.8 Å². The Morgan fingerprint density at radius 2 is 1.97 bits per heavy atom. The summed E-state index contributed by atoms with van der Waals surface area (Å²) in [5, 5.41) is 3.34. The third kappa shape index (κ3) is 6.11. The van der Waals surface area contributed by atoms with Gasteiger partial charge in [-0.25, -0.2) is 15.0 Å². The summed E-state index contributed by atoms with van der Waals surface area (Å²) in [6.07, 6.45) is 9.26. The van der Waals surface area contributed by atoms with E-state index >= 15 is 0 Å². The molecule has 38 heavy (non-hydrogen) atoms. The predicted octanol–water partition coefficient (Wildman–Crippen LogP) is 4.03. The van der Waals surface area contributed by atoms with Crippen molar-refractivity contribution < 1.29 is 17.7 Å². The van der Waals surface area contributed by atoms with Crippen molar-refractivity contribution >= 4 is 36.2 Å². The maximum Gasteiger partial charge on any atom is 0.345 e. The molecule has 0 saturated heterocycles. The molecule has 4 heterocycles. The minimum Gasteiger partial charge on any atom is -0.361 e. The third-order valence-electron chi connectivity index (χ3n) is 6.87.